The lowest BCUT2D eigenvalue weighted by atomic mass is 9.86. The van der Waals surface area contributed by atoms with E-state index in [1.807, 2.05) is 0 Å². The zero-order chi connectivity index (χ0) is 19.3. The van der Waals surface area contributed by atoms with Gasteiger partial charge in [0.1, 0.15) is 5.75 Å². The second-order valence-corrected chi connectivity index (χ2v) is 8.33. The van der Waals surface area contributed by atoms with E-state index in [9.17, 15) is 0 Å². The highest BCUT2D eigenvalue weighted by atomic mass is 79.9. The van der Waals surface area contributed by atoms with Gasteiger partial charge in [-0.15, -0.1) is 0 Å². The molecule has 2 nitrogen and oxygen atoms in total. The van der Waals surface area contributed by atoms with Crippen molar-refractivity contribution in [2.45, 2.75) is 38.4 Å². The van der Waals surface area contributed by atoms with Crippen molar-refractivity contribution in [1.29, 1.82) is 0 Å². The second-order valence-electron chi connectivity index (χ2n) is 7.48. The third-order valence-electron chi connectivity index (χ3n) is 5.69. The molecule has 3 heteroatoms. The zero-order valence-electron chi connectivity index (χ0n) is 16.3. The Morgan fingerprint density at radius 2 is 1.46 bits per heavy atom. The van der Waals surface area contributed by atoms with Gasteiger partial charge < -0.3 is 4.74 Å². The number of benzene rings is 3. The minimum atomic E-state index is 0.510. The van der Waals surface area contributed by atoms with Crippen molar-refractivity contribution in [3.8, 4) is 5.75 Å². The number of halogens is 1. The Labute approximate surface area is 176 Å². The molecule has 0 amide bonds. The highest BCUT2D eigenvalue weighted by molar-refractivity contribution is 9.10. The molecule has 3 aromatic carbocycles. The maximum Gasteiger partial charge on any atom is 0.122 e. The van der Waals surface area contributed by atoms with Gasteiger partial charge in [-0.2, -0.15) is 0 Å². The molecule has 0 saturated carbocycles. The van der Waals surface area contributed by atoms with Crippen LogP contribution in [0.15, 0.2) is 77.3 Å². The van der Waals surface area contributed by atoms with Gasteiger partial charge in [0.05, 0.1) is 7.11 Å². The Kier molecular flexibility index (Phi) is 6.13. The molecule has 0 radical (unpaired) electrons. The van der Waals surface area contributed by atoms with Crippen LogP contribution in [-0.4, -0.2) is 18.1 Å². The lowest BCUT2D eigenvalue weighted by Crippen LogP contribution is -2.38. The average molecular weight is 436 g/mol. The van der Waals surface area contributed by atoms with Gasteiger partial charge in [0.15, 0.2) is 0 Å². The number of hydrogen-bond acceptors (Lipinski definition) is 2. The normalized spacial score (nSPS) is 16.0. The molecule has 0 aliphatic heterocycles. The molecule has 1 atom stereocenters. The van der Waals surface area contributed by atoms with E-state index in [4.69, 9.17) is 4.74 Å². The van der Waals surface area contributed by atoms with Gasteiger partial charge in [-0.25, -0.2) is 0 Å². The van der Waals surface area contributed by atoms with E-state index in [2.05, 4.69) is 93.6 Å². The highest BCUT2D eigenvalue weighted by Crippen LogP contribution is 2.36. The Bertz CT molecular complexity index is 869. The molecule has 0 saturated heterocycles. The smallest absolute Gasteiger partial charge is 0.122 e. The molecule has 0 spiro atoms. The summed E-state index contributed by atoms with van der Waals surface area (Å²) in [5.41, 5.74) is 5.51. The lowest BCUT2D eigenvalue weighted by molar-refractivity contribution is 0.161. The summed E-state index contributed by atoms with van der Waals surface area (Å²) in [6.45, 7) is 1.94. The molecule has 0 heterocycles. The van der Waals surface area contributed by atoms with Crippen LogP contribution in [0.4, 0.5) is 0 Å². The van der Waals surface area contributed by atoms with Crippen molar-refractivity contribution < 1.29 is 4.74 Å². The fourth-order valence-electron chi connectivity index (χ4n) is 4.24. The minimum Gasteiger partial charge on any atom is -0.496 e. The van der Waals surface area contributed by atoms with Gasteiger partial charge in [-0.1, -0.05) is 76.6 Å². The number of rotatable bonds is 6. The van der Waals surface area contributed by atoms with Crippen molar-refractivity contribution in [1.82, 2.24) is 4.90 Å². The van der Waals surface area contributed by atoms with E-state index >= 15 is 0 Å². The number of methoxy groups -OCH3 is 1. The Morgan fingerprint density at radius 1 is 0.857 bits per heavy atom. The first kappa shape index (κ1) is 19.2. The fourth-order valence-corrected chi connectivity index (χ4v) is 4.77. The molecule has 3 aromatic rings. The summed E-state index contributed by atoms with van der Waals surface area (Å²) in [5.74, 6) is 1.02. The summed E-state index contributed by atoms with van der Waals surface area (Å²) in [6.07, 6.45) is 3.26. The van der Waals surface area contributed by atoms with E-state index < -0.39 is 0 Å². The SMILES string of the molecule is COc1ccc(Br)c2c1CCC(N(Cc1ccccc1)Cc1ccccc1)C2. The minimum absolute atomic E-state index is 0.510. The summed E-state index contributed by atoms with van der Waals surface area (Å²) in [5, 5.41) is 0. The summed E-state index contributed by atoms with van der Waals surface area (Å²) >= 11 is 3.78. The molecule has 0 bridgehead atoms. The number of hydrogen-bond donors (Lipinski definition) is 0. The van der Waals surface area contributed by atoms with Crippen LogP contribution in [0.5, 0.6) is 5.75 Å². The Morgan fingerprint density at radius 3 is 2.04 bits per heavy atom. The third-order valence-corrected chi connectivity index (χ3v) is 6.43. The average Bonchev–Trinajstić information content (AvgIpc) is 2.75. The number of nitrogens with zero attached hydrogens (tertiary/aromatic N) is 1. The van der Waals surface area contributed by atoms with E-state index in [1.165, 1.54) is 26.7 Å². The van der Waals surface area contributed by atoms with Crippen LogP contribution in [0, 0.1) is 0 Å². The van der Waals surface area contributed by atoms with E-state index in [0.29, 0.717) is 6.04 Å². The molecule has 1 unspecified atom stereocenters. The number of fused-ring (bicyclic) bond motifs is 1. The molecule has 1 aliphatic rings. The highest BCUT2D eigenvalue weighted by Gasteiger charge is 2.27. The monoisotopic (exact) mass is 435 g/mol. The molecule has 0 N–H and O–H groups in total. The maximum absolute atomic E-state index is 5.62. The Hall–Kier alpha value is -2.10. The summed E-state index contributed by atoms with van der Waals surface area (Å²) in [6, 6.07) is 26.3. The van der Waals surface area contributed by atoms with E-state index in [-0.39, 0.29) is 0 Å². The molecule has 144 valence electrons. The van der Waals surface area contributed by atoms with Crippen molar-refractivity contribution in [3.05, 3.63) is 99.5 Å². The van der Waals surface area contributed by atoms with Crippen LogP contribution >= 0.6 is 15.9 Å². The fraction of sp³-hybridized carbons (Fsp3) is 0.280. The standard InChI is InChI=1S/C25H26BrNO/c1-28-25-15-14-24(26)23-16-21(12-13-22(23)25)27(17-19-8-4-2-5-9-19)18-20-10-6-3-7-11-20/h2-11,14-15,21H,12-13,16-18H2,1H3. The maximum atomic E-state index is 5.62. The summed E-state index contributed by atoms with van der Waals surface area (Å²) < 4.78 is 6.82. The second kappa shape index (κ2) is 8.93. The van der Waals surface area contributed by atoms with Crippen LogP contribution in [0.25, 0.3) is 0 Å². The van der Waals surface area contributed by atoms with Gasteiger partial charge in [0, 0.05) is 23.6 Å². The first-order chi connectivity index (χ1) is 13.7. The quantitative estimate of drug-likeness (QED) is 0.469. The first-order valence-corrected chi connectivity index (χ1v) is 10.7. The topological polar surface area (TPSA) is 12.5 Å². The molecular weight excluding hydrogens is 410 g/mol. The van der Waals surface area contributed by atoms with Crippen LogP contribution in [-0.2, 0) is 25.9 Å². The summed E-state index contributed by atoms with van der Waals surface area (Å²) in [4.78, 5) is 2.64. The van der Waals surface area contributed by atoms with Crippen molar-refractivity contribution >= 4 is 15.9 Å². The number of ether oxygens (including phenoxy) is 1. The first-order valence-electron chi connectivity index (χ1n) is 9.90. The van der Waals surface area contributed by atoms with Crippen molar-refractivity contribution in [2.24, 2.45) is 0 Å². The van der Waals surface area contributed by atoms with Crippen molar-refractivity contribution in [3.63, 3.8) is 0 Å². The van der Waals surface area contributed by atoms with Gasteiger partial charge >= 0.3 is 0 Å². The largest absolute Gasteiger partial charge is 0.496 e. The molecular formula is C25H26BrNO. The Balaban J connectivity index is 1.61. The molecule has 28 heavy (non-hydrogen) atoms. The molecule has 0 aromatic heterocycles. The van der Waals surface area contributed by atoms with Gasteiger partial charge in [-0.3, -0.25) is 4.90 Å². The van der Waals surface area contributed by atoms with Crippen molar-refractivity contribution in [2.75, 3.05) is 7.11 Å². The predicted molar refractivity (Wildman–Crippen MR) is 119 cm³/mol. The lowest BCUT2D eigenvalue weighted by Gasteiger charge is -2.36. The molecule has 0 fully saturated rings. The zero-order valence-corrected chi connectivity index (χ0v) is 17.9. The molecule has 4 rings (SSSR count). The van der Waals surface area contributed by atoms with Crippen LogP contribution in [0.3, 0.4) is 0 Å². The van der Waals surface area contributed by atoms with Crippen LogP contribution in [0.1, 0.15) is 28.7 Å². The molecule has 1 aliphatic carbocycles. The van der Waals surface area contributed by atoms with Crippen LogP contribution < -0.4 is 4.74 Å². The van der Waals surface area contributed by atoms with E-state index in [0.717, 1.165) is 38.1 Å². The van der Waals surface area contributed by atoms with Gasteiger partial charge in [0.25, 0.3) is 0 Å². The summed E-state index contributed by atoms with van der Waals surface area (Å²) in [7, 11) is 1.77. The van der Waals surface area contributed by atoms with Crippen LogP contribution in [0.2, 0.25) is 0 Å². The van der Waals surface area contributed by atoms with Gasteiger partial charge in [-0.05, 0) is 53.6 Å². The third kappa shape index (κ3) is 4.31. The predicted octanol–water partition coefficient (Wildman–Crippen LogP) is 6.02. The van der Waals surface area contributed by atoms with Gasteiger partial charge in [0.2, 0.25) is 0 Å². The van der Waals surface area contributed by atoms with E-state index in [1.54, 1.807) is 7.11 Å².